The number of hydrogen-bond acceptors (Lipinski definition) is 3. The molecule has 0 fully saturated rings. The van der Waals surface area contributed by atoms with Crippen LogP contribution < -0.4 is 10.9 Å². The van der Waals surface area contributed by atoms with E-state index in [-0.39, 0.29) is 17.4 Å². The lowest BCUT2D eigenvalue weighted by Crippen LogP contribution is -2.35. The molecule has 0 aliphatic carbocycles. The summed E-state index contributed by atoms with van der Waals surface area (Å²) in [5, 5.41) is 2.47. The van der Waals surface area contributed by atoms with Gasteiger partial charge in [-0.25, -0.2) is 0 Å². The van der Waals surface area contributed by atoms with Gasteiger partial charge in [0.2, 0.25) is 0 Å². The number of carbonyl (C=O) groups excluding carboxylic acids is 1. The van der Waals surface area contributed by atoms with Crippen molar-refractivity contribution in [3.05, 3.63) is 58.4 Å². The number of rotatable bonds is 5. The number of H-pyrrole nitrogens is 1. The average Bonchev–Trinajstić information content (AvgIpc) is 2.52. The molecule has 1 aromatic heterocycles. The molecule has 116 valence electrons. The number of aromatic amines is 1. The van der Waals surface area contributed by atoms with Crippen molar-refractivity contribution in [2.75, 3.05) is 12.8 Å². The van der Waals surface area contributed by atoms with Gasteiger partial charge in [0.05, 0.1) is 0 Å². The van der Waals surface area contributed by atoms with Crippen molar-refractivity contribution >= 4 is 16.7 Å². The van der Waals surface area contributed by atoms with Gasteiger partial charge in [0.1, 0.15) is 5.56 Å². The van der Waals surface area contributed by atoms with Gasteiger partial charge in [-0.2, -0.15) is 0 Å². The lowest BCUT2D eigenvalue weighted by atomic mass is 10.1. The number of amides is 1. The van der Waals surface area contributed by atoms with Crippen LogP contribution in [0.5, 0.6) is 0 Å². The Morgan fingerprint density at radius 3 is 2.50 bits per heavy atom. The lowest BCUT2D eigenvalue weighted by Gasteiger charge is -2.10. The Hall–Kier alpha value is -2.21. The number of pyridine rings is 1. The first-order valence-corrected chi connectivity index (χ1v) is 8.50. The third-order valence-corrected chi connectivity index (χ3v) is 4.66. The normalized spacial score (nSPS) is 13.4. The minimum atomic E-state index is -1.02. The highest BCUT2D eigenvalue weighted by molar-refractivity contribution is 7.84. The molecule has 0 saturated heterocycles. The molecule has 0 aliphatic rings. The molecule has 0 bridgehead atoms. The van der Waals surface area contributed by atoms with Gasteiger partial charge in [0.15, 0.2) is 0 Å². The molecule has 0 saturated carbocycles. The van der Waals surface area contributed by atoms with E-state index in [1.165, 1.54) is 6.07 Å². The molecule has 22 heavy (non-hydrogen) atoms. The topological polar surface area (TPSA) is 79.0 Å². The highest BCUT2D eigenvalue weighted by Crippen LogP contribution is 2.14. The summed E-state index contributed by atoms with van der Waals surface area (Å²) in [6, 6.07) is 12.6. The minimum Gasteiger partial charge on any atom is -0.351 e. The monoisotopic (exact) mass is 318 g/mol. The van der Waals surface area contributed by atoms with E-state index in [2.05, 4.69) is 10.3 Å². The zero-order valence-electron chi connectivity index (χ0n) is 12.5. The predicted octanol–water partition coefficient (Wildman–Crippen LogP) is 1.54. The van der Waals surface area contributed by atoms with Gasteiger partial charge in [0, 0.05) is 34.5 Å². The van der Waals surface area contributed by atoms with Crippen molar-refractivity contribution in [2.45, 2.75) is 12.2 Å². The van der Waals surface area contributed by atoms with Crippen LogP contribution >= 0.6 is 0 Å². The summed E-state index contributed by atoms with van der Waals surface area (Å²) < 4.78 is 11.3. The van der Waals surface area contributed by atoms with Gasteiger partial charge < -0.3 is 10.3 Å². The summed E-state index contributed by atoms with van der Waals surface area (Å²) in [6.45, 7) is 2.04. The van der Waals surface area contributed by atoms with Crippen LogP contribution in [0, 0.1) is 0 Å². The highest BCUT2D eigenvalue weighted by Gasteiger charge is 2.13. The molecule has 1 aromatic carbocycles. The second kappa shape index (κ2) is 7.17. The van der Waals surface area contributed by atoms with E-state index < -0.39 is 22.3 Å². The van der Waals surface area contributed by atoms with E-state index in [1.807, 2.05) is 30.3 Å². The quantitative estimate of drug-likeness (QED) is 0.877. The number of hydrogen-bond donors (Lipinski definition) is 2. The summed E-state index contributed by atoms with van der Waals surface area (Å²) in [7, 11) is -1.02. The first kappa shape index (κ1) is 16.2. The molecule has 6 heteroatoms. The maximum Gasteiger partial charge on any atom is 0.261 e. The summed E-state index contributed by atoms with van der Waals surface area (Å²) in [4.78, 5) is 26.8. The van der Waals surface area contributed by atoms with E-state index in [0.29, 0.717) is 5.69 Å². The molecule has 2 N–H and O–H groups in total. The van der Waals surface area contributed by atoms with Crippen LogP contribution in [-0.4, -0.2) is 33.2 Å². The molecular weight excluding hydrogens is 300 g/mol. The standard InChI is InChI=1S/C16H18N2O3S/c1-11(22(2)21)10-17-15(19)13-8-9-14(18-16(13)20)12-6-4-3-5-7-12/h3-9,11H,10H2,1-2H3,(H,17,19)(H,18,20)/t11-,22+/m0/s1. The van der Waals surface area contributed by atoms with Gasteiger partial charge in [-0.3, -0.25) is 13.8 Å². The van der Waals surface area contributed by atoms with E-state index in [4.69, 9.17) is 0 Å². The SMILES string of the molecule is C[C@@H](CNC(=O)c1ccc(-c2ccccc2)[nH]c1=O)[S@@](C)=O. The fourth-order valence-corrected chi connectivity index (χ4v) is 2.21. The fourth-order valence-electron chi connectivity index (χ4n) is 1.89. The third-order valence-electron chi connectivity index (χ3n) is 3.36. The Bertz CT molecular complexity index is 741. The van der Waals surface area contributed by atoms with Crippen molar-refractivity contribution < 1.29 is 9.00 Å². The first-order valence-electron chi connectivity index (χ1n) is 6.88. The predicted molar refractivity (Wildman–Crippen MR) is 88.4 cm³/mol. The second-order valence-electron chi connectivity index (χ2n) is 5.00. The van der Waals surface area contributed by atoms with Crippen LogP contribution in [-0.2, 0) is 10.8 Å². The number of aromatic nitrogens is 1. The molecule has 2 atom stereocenters. The van der Waals surface area contributed by atoms with Crippen LogP contribution in [0.4, 0.5) is 0 Å². The van der Waals surface area contributed by atoms with Crippen molar-refractivity contribution in [3.8, 4) is 11.3 Å². The van der Waals surface area contributed by atoms with Gasteiger partial charge in [0.25, 0.3) is 11.5 Å². The minimum absolute atomic E-state index is 0.0498. The molecule has 1 amide bonds. The maximum absolute atomic E-state index is 12.1. The van der Waals surface area contributed by atoms with E-state index in [0.717, 1.165) is 5.56 Å². The van der Waals surface area contributed by atoms with Crippen molar-refractivity contribution in [1.29, 1.82) is 0 Å². The molecule has 0 spiro atoms. The van der Waals surface area contributed by atoms with Gasteiger partial charge in [-0.15, -0.1) is 0 Å². The van der Waals surface area contributed by atoms with Crippen molar-refractivity contribution in [3.63, 3.8) is 0 Å². The number of nitrogens with one attached hydrogen (secondary N) is 2. The van der Waals surface area contributed by atoms with Crippen molar-refractivity contribution in [1.82, 2.24) is 10.3 Å². The Balaban J connectivity index is 2.15. The molecule has 0 aliphatic heterocycles. The second-order valence-corrected chi connectivity index (χ2v) is 6.80. The van der Waals surface area contributed by atoms with Crippen LogP contribution in [0.15, 0.2) is 47.3 Å². The van der Waals surface area contributed by atoms with Crippen LogP contribution in [0.2, 0.25) is 0 Å². The molecule has 5 nitrogen and oxygen atoms in total. The molecule has 2 aromatic rings. The van der Waals surface area contributed by atoms with Crippen molar-refractivity contribution in [2.24, 2.45) is 0 Å². The Labute approximate surface area is 131 Å². The zero-order chi connectivity index (χ0) is 16.1. The van der Waals surface area contributed by atoms with Crippen LogP contribution in [0.1, 0.15) is 17.3 Å². The van der Waals surface area contributed by atoms with Crippen LogP contribution in [0.25, 0.3) is 11.3 Å². The fraction of sp³-hybridized carbons (Fsp3) is 0.250. The Morgan fingerprint density at radius 1 is 1.23 bits per heavy atom. The Morgan fingerprint density at radius 2 is 1.91 bits per heavy atom. The third kappa shape index (κ3) is 3.92. The summed E-state index contributed by atoms with van der Waals surface area (Å²) >= 11 is 0. The highest BCUT2D eigenvalue weighted by atomic mass is 32.2. The summed E-state index contributed by atoms with van der Waals surface area (Å²) in [5.74, 6) is -0.460. The molecule has 1 heterocycles. The van der Waals surface area contributed by atoms with E-state index in [1.54, 1.807) is 19.2 Å². The van der Waals surface area contributed by atoms with Gasteiger partial charge in [-0.05, 0) is 24.6 Å². The van der Waals surface area contributed by atoms with E-state index >= 15 is 0 Å². The average molecular weight is 318 g/mol. The molecular formula is C16H18N2O3S. The number of carbonyl (C=O) groups is 1. The summed E-state index contributed by atoms with van der Waals surface area (Å²) in [6.07, 6.45) is 1.58. The first-order chi connectivity index (χ1) is 10.5. The maximum atomic E-state index is 12.1. The summed E-state index contributed by atoms with van der Waals surface area (Å²) in [5.41, 5.74) is 1.14. The smallest absolute Gasteiger partial charge is 0.261 e. The van der Waals surface area contributed by atoms with Gasteiger partial charge >= 0.3 is 0 Å². The van der Waals surface area contributed by atoms with Gasteiger partial charge in [-0.1, -0.05) is 30.3 Å². The van der Waals surface area contributed by atoms with Crippen LogP contribution in [0.3, 0.4) is 0 Å². The number of benzene rings is 1. The van der Waals surface area contributed by atoms with E-state index in [9.17, 15) is 13.8 Å². The lowest BCUT2D eigenvalue weighted by molar-refractivity contribution is 0.0952. The molecule has 0 unspecified atom stereocenters. The molecule has 0 radical (unpaired) electrons. The largest absolute Gasteiger partial charge is 0.351 e. The Kier molecular flexibility index (Phi) is 5.27. The zero-order valence-corrected chi connectivity index (χ0v) is 13.3. The molecule has 2 rings (SSSR count).